The molecule has 1 N–H and O–H groups in total. The SMILES string of the molecule is CN1C[C@@H]2CCCC[C@@H]2N2C(=O)c3c(O)c(=O)c(CCCc4ccc(F)cc4F)cn3C[C@@H]12. The number of amides is 1. The zero-order valence-corrected chi connectivity index (χ0v) is 18.8. The Morgan fingerprint density at radius 3 is 2.61 bits per heavy atom. The largest absolute Gasteiger partial charge is 0.503 e. The number of aromatic nitrogens is 1. The van der Waals surface area contributed by atoms with Crippen molar-refractivity contribution < 1.29 is 18.7 Å². The quantitative estimate of drug-likeness (QED) is 0.765. The first-order valence-corrected chi connectivity index (χ1v) is 11.8. The molecule has 1 saturated carbocycles. The van der Waals surface area contributed by atoms with Gasteiger partial charge >= 0.3 is 0 Å². The number of nitrogens with zero attached hydrogens (tertiary/aromatic N) is 3. The molecule has 1 aliphatic carbocycles. The summed E-state index contributed by atoms with van der Waals surface area (Å²) >= 11 is 0. The Labute approximate surface area is 191 Å². The molecule has 3 atom stereocenters. The Balaban J connectivity index is 1.40. The number of hydrogen-bond donors (Lipinski definition) is 1. The lowest BCUT2D eigenvalue weighted by Gasteiger charge is -2.54. The van der Waals surface area contributed by atoms with E-state index >= 15 is 0 Å². The molecule has 176 valence electrons. The Morgan fingerprint density at radius 2 is 1.82 bits per heavy atom. The molecule has 2 fully saturated rings. The standard InChI is InChI=1S/C25H29F2N3O3/c1-28-12-16-5-2-3-8-20(16)30-21(28)14-29-13-17(23(31)24(32)22(29)25(30)33)7-4-6-15-9-10-18(26)11-19(15)27/h9-11,13,16,20-21,32H,2-8,12,14H2,1H3/t16-,20-,21-/m0/s1. The Kier molecular flexibility index (Phi) is 5.72. The van der Waals surface area contributed by atoms with Gasteiger partial charge in [0.15, 0.2) is 11.4 Å². The van der Waals surface area contributed by atoms with Crippen molar-refractivity contribution in [3.8, 4) is 5.75 Å². The molecule has 8 heteroatoms. The average Bonchev–Trinajstić information content (AvgIpc) is 2.78. The second-order valence-electron chi connectivity index (χ2n) is 9.67. The van der Waals surface area contributed by atoms with Gasteiger partial charge in [-0.3, -0.25) is 14.5 Å². The van der Waals surface area contributed by atoms with Gasteiger partial charge in [-0.05, 0) is 56.7 Å². The smallest absolute Gasteiger partial charge is 0.276 e. The van der Waals surface area contributed by atoms with Gasteiger partial charge in [-0.25, -0.2) is 8.78 Å². The summed E-state index contributed by atoms with van der Waals surface area (Å²) in [5.41, 5.74) is 0.312. The second kappa shape index (κ2) is 8.56. The molecule has 1 amide bonds. The number of rotatable bonds is 4. The fraction of sp³-hybridized carbons (Fsp3) is 0.520. The van der Waals surface area contributed by atoms with Crippen LogP contribution in [0.25, 0.3) is 0 Å². The van der Waals surface area contributed by atoms with E-state index in [1.807, 2.05) is 11.9 Å². The van der Waals surface area contributed by atoms with E-state index in [-0.39, 0.29) is 23.8 Å². The van der Waals surface area contributed by atoms with Gasteiger partial charge in [0, 0.05) is 30.4 Å². The topological polar surface area (TPSA) is 65.8 Å². The molecule has 1 aromatic carbocycles. The summed E-state index contributed by atoms with van der Waals surface area (Å²) in [6.45, 7) is 1.44. The number of benzene rings is 1. The average molecular weight is 458 g/mol. The van der Waals surface area contributed by atoms with Crippen LogP contribution in [0.1, 0.15) is 53.7 Å². The van der Waals surface area contributed by atoms with E-state index in [4.69, 9.17) is 0 Å². The molecule has 0 spiro atoms. The molecule has 33 heavy (non-hydrogen) atoms. The first kappa shape index (κ1) is 22.1. The molecular formula is C25H29F2N3O3. The van der Waals surface area contributed by atoms with Crippen LogP contribution in [0.15, 0.2) is 29.2 Å². The van der Waals surface area contributed by atoms with Gasteiger partial charge in [-0.2, -0.15) is 0 Å². The van der Waals surface area contributed by atoms with Crippen molar-refractivity contribution in [3.63, 3.8) is 0 Å². The first-order chi connectivity index (χ1) is 15.8. The summed E-state index contributed by atoms with van der Waals surface area (Å²) in [7, 11) is 2.03. The number of fused-ring (bicyclic) bond motifs is 4. The van der Waals surface area contributed by atoms with Gasteiger partial charge in [0.2, 0.25) is 5.43 Å². The van der Waals surface area contributed by atoms with E-state index in [9.17, 15) is 23.5 Å². The molecule has 3 aliphatic rings. The van der Waals surface area contributed by atoms with Crippen LogP contribution in [0, 0.1) is 17.6 Å². The third kappa shape index (κ3) is 3.84. The molecule has 1 aromatic heterocycles. The lowest BCUT2D eigenvalue weighted by Crippen LogP contribution is -2.66. The summed E-state index contributed by atoms with van der Waals surface area (Å²) in [6, 6.07) is 3.63. The molecule has 0 bridgehead atoms. The van der Waals surface area contributed by atoms with Crippen molar-refractivity contribution in [2.24, 2.45) is 5.92 Å². The number of likely N-dealkylation sites (N-methyl/N-ethyl adjacent to an activating group) is 1. The van der Waals surface area contributed by atoms with Crippen molar-refractivity contribution in [1.82, 2.24) is 14.4 Å². The zero-order chi connectivity index (χ0) is 23.3. The molecule has 2 aliphatic heterocycles. The van der Waals surface area contributed by atoms with Gasteiger partial charge < -0.3 is 14.6 Å². The van der Waals surface area contributed by atoms with Gasteiger partial charge in [0.25, 0.3) is 5.91 Å². The van der Waals surface area contributed by atoms with Gasteiger partial charge in [0.1, 0.15) is 17.8 Å². The van der Waals surface area contributed by atoms with Crippen molar-refractivity contribution in [1.29, 1.82) is 0 Å². The third-order valence-electron chi connectivity index (χ3n) is 7.61. The van der Waals surface area contributed by atoms with Crippen molar-refractivity contribution in [3.05, 3.63) is 63.1 Å². The lowest BCUT2D eigenvalue weighted by molar-refractivity contribution is -0.0628. The minimum atomic E-state index is -0.625. The number of pyridine rings is 1. The van der Waals surface area contributed by atoms with E-state index in [1.54, 1.807) is 10.8 Å². The number of carbonyl (C=O) groups excluding carboxylic acids is 1. The van der Waals surface area contributed by atoms with Crippen LogP contribution in [0.4, 0.5) is 8.78 Å². The molecule has 0 radical (unpaired) electrons. The van der Waals surface area contributed by atoms with E-state index in [0.717, 1.165) is 31.9 Å². The maximum Gasteiger partial charge on any atom is 0.276 e. The Morgan fingerprint density at radius 1 is 1.06 bits per heavy atom. The van der Waals surface area contributed by atoms with Crippen LogP contribution in [0.5, 0.6) is 5.75 Å². The molecule has 0 unspecified atom stereocenters. The highest BCUT2D eigenvalue weighted by atomic mass is 19.1. The van der Waals surface area contributed by atoms with Crippen molar-refractivity contribution in [2.75, 3.05) is 13.6 Å². The van der Waals surface area contributed by atoms with E-state index in [2.05, 4.69) is 4.90 Å². The zero-order valence-electron chi connectivity index (χ0n) is 18.8. The maximum absolute atomic E-state index is 13.9. The predicted molar refractivity (Wildman–Crippen MR) is 119 cm³/mol. The fourth-order valence-corrected chi connectivity index (χ4v) is 5.95. The number of halogens is 2. The van der Waals surface area contributed by atoms with Gasteiger partial charge in [0.05, 0.1) is 6.54 Å². The third-order valence-corrected chi connectivity index (χ3v) is 7.61. The number of aromatic hydroxyl groups is 1. The molecule has 5 rings (SSSR count). The lowest BCUT2D eigenvalue weighted by atomic mass is 9.80. The van der Waals surface area contributed by atoms with E-state index < -0.39 is 22.8 Å². The highest BCUT2D eigenvalue weighted by Gasteiger charge is 2.47. The fourth-order valence-electron chi connectivity index (χ4n) is 5.95. The van der Waals surface area contributed by atoms with Crippen LogP contribution < -0.4 is 5.43 Å². The summed E-state index contributed by atoms with van der Waals surface area (Å²) in [6.07, 6.45) is 7.02. The monoisotopic (exact) mass is 457 g/mol. The molecule has 3 heterocycles. The highest BCUT2D eigenvalue weighted by Crippen LogP contribution is 2.38. The number of hydrogen-bond acceptors (Lipinski definition) is 4. The van der Waals surface area contributed by atoms with Gasteiger partial charge in [-0.15, -0.1) is 0 Å². The van der Waals surface area contributed by atoms with Crippen molar-refractivity contribution >= 4 is 5.91 Å². The minimum absolute atomic E-state index is 0.0733. The summed E-state index contributed by atoms with van der Waals surface area (Å²) < 4.78 is 28.7. The van der Waals surface area contributed by atoms with Crippen molar-refractivity contribution in [2.45, 2.75) is 63.7 Å². The molecular weight excluding hydrogens is 428 g/mol. The van der Waals surface area contributed by atoms with Crippen LogP contribution >= 0.6 is 0 Å². The molecule has 6 nitrogen and oxygen atoms in total. The van der Waals surface area contributed by atoms with Crippen LogP contribution in [-0.2, 0) is 19.4 Å². The van der Waals surface area contributed by atoms with E-state index in [1.165, 1.54) is 18.6 Å². The second-order valence-corrected chi connectivity index (χ2v) is 9.67. The number of carbonyl (C=O) groups is 1. The number of aryl methyl sites for hydroxylation is 2. The minimum Gasteiger partial charge on any atom is -0.503 e. The summed E-state index contributed by atoms with van der Waals surface area (Å²) in [5, 5.41) is 10.7. The maximum atomic E-state index is 13.9. The van der Waals surface area contributed by atoms with Gasteiger partial charge in [-0.1, -0.05) is 18.9 Å². The molecule has 1 saturated heterocycles. The molecule has 2 aromatic rings. The first-order valence-electron chi connectivity index (χ1n) is 11.8. The Hall–Kier alpha value is -2.74. The summed E-state index contributed by atoms with van der Waals surface area (Å²) in [5.74, 6) is -1.57. The van der Waals surface area contributed by atoms with Crippen LogP contribution in [-0.4, -0.2) is 51.2 Å². The normalized spacial score (nSPS) is 24.9. The van der Waals surface area contributed by atoms with Crippen LogP contribution in [0.2, 0.25) is 0 Å². The van der Waals surface area contributed by atoms with Crippen LogP contribution in [0.3, 0.4) is 0 Å². The Bertz CT molecular complexity index is 1150. The predicted octanol–water partition coefficient (Wildman–Crippen LogP) is 3.29. The highest BCUT2D eigenvalue weighted by molar-refractivity contribution is 5.96. The van der Waals surface area contributed by atoms with E-state index in [0.29, 0.717) is 42.9 Å². The summed E-state index contributed by atoms with van der Waals surface area (Å²) in [4.78, 5) is 30.5.